The summed E-state index contributed by atoms with van der Waals surface area (Å²) < 4.78 is 20.6. The average Bonchev–Trinajstić information content (AvgIpc) is 3.10. The zero-order valence-corrected chi connectivity index (χ0v) is 14.9. The summed E-state index contributed by atoms with van der Waals surface area (Å²) in [5.41, 5.74) is 2.14. The molecule has 1 atom stereocenters. The number of ether oxygens (including phenoxy) is 1. The van der Waals surface area contributed by atoms with Crippen LogP contribution in [0.5, 0.6) is 0 Å². The van der Waals surface area contributed by atoms with E-state index in [2.05, 4.69) is 10.1 Å². The van der Waals surface area contributed by atoms with Crippen LogP contribution in [-0.4, -0.2) is 45.3 Å². The summed E-state index contributed by atoms with van der Waals surface area (Å²) in [4.78, 5) is 19.1. The van der Waals surface area contributed by atoms with Crippen molar-refractivity contribution in [3.05, 3.63) is 77.5 Å². The molecular formula is C20H19FN4O2. The van der Waals surface area contributed by atoms with Gasteiger partial charge in [-0.3, -0.25) is 4.79 Å². The molecule has 7 heteroatoms. The first-order valence-electron chi connectivity index (χ1n) is 8.76. The van der Waals surface area contributed by atoms with Crippen LogP contribution in [0.3, 0.4) is 0 Å². The Kier molecular flexibility index (Phi) is 4.68. The molecule has 0 N–H and O–H groups in total. The van der Waals surface area contributed by atoms with E-state index < -0.39 is 0 Å². The Morgan fingerprint density at radius 1 is 1.22 bits per heavy atom. The van der Waals surface area contributed by atoms with Crippen molar-refractivity contribution in [3.63, 3.8) is 0 Å². The monoisotopic (exact) mass is 366 g/mol. The molecule has 1 saturated heterocycles. The predicted octanol–water partition coefficient (Wildman–Crippen LogP) is 2.93. The van der Waals surface area contributed by atoms with Gasteiger partial charge in [0, 0.05) is 12.7 Å². The maximum atomic E-state index is 13.1. The van der Waals surface area contributed by atoms with E-state index in [1.54, 1.807) is 34.1 Å². The summed E-state index contributed by atoms with van der Waals surface area (Å²) in [6, 6.07) is 11.7. The van der Waals surface area contributed by atoms with Crippen LogP contribution in [0.2, 0.25) is 0 Å². The fourth-order valence-electron chi connectivity index (χ4n) is 3.21. The molecule has 4 rings (SSSR count). The molecule has 0 bridgehead atoms. The number of aromatic nitrogens is 3. The molecule has 0 saturated carbocycles. The van der Waals surface area contributed by atoms with Gasteiger partial charge in [-0.15, -0.1) is 0 Å². The topological polar surface area (TPSA) is 60.3 Å². The normalized spacial score (nSPS) is 17.1. The third-order valence-electron chi connectivity index (χ3n) is 4.70. The van der Waals surface area contributed by atoms with Crippen molar-refractivity contribution in [1.29, 1.82) is 0 Å². The Bertz CT molecular complexity index is 940. The Balaban J connectivity index is 1.54. The lowest BCUT2D eigenvalue weighted by atomic mass is 10.1. The lowest BCUT2D eigenvalue weighted by molar-refractivity contribution is -0.0228. The van der Waals surface area contributed by atoms with Crippen molar-refractivity contribution in [2.45, 2.75) is 13.0 Å². The molecule has 1 fully saturated rings. The smallest absolute Gasteiger partial charge is 0.257 e. The molecule has 0 aliphatic carbocycles. The van der Waals surface area contributed by atoms with E-state index in [0.29, 0.717) is 31.1 Å². The fourth-order valence-corrected chi connectivity index (χ4v) is 3.21. The minimum atomic E-state index is -0.292. The second-order valence-electron chi connectivity index (χ2n) is 6.41. The van der Waals surface area contributed by atoms with E-state index in [9.17, 15) is 9.18 Å². The summed E-state index contributed by atoms with van der Waals surface area (Å²) in [5, 5.41) is 4.32. The van der Waals surface area contributed by atoms with Crippen LogP contribution in [0.4, 0.5) is 4.39 Å². The van der Waals surface area contributed by atoms with Gasteiger partial charge in [0.05, 0.1) is 30.6 Å². The van der Waals surface area contributed by atoms with Crippen molar-refractivity contribution in [1.82, 2.24) is 19.7 Å². The van der Waals surface area contributed by atoms with Crippen molar-refractivity contribution < 1.29 is 13.9 Å². The van der Waals surface area contributed by atoms with Gasteiger partial charge in [0.1, 0.15) is 11.9 Å². The summed E-state index contributed by atoms with van der Waals surface area (Å²) in [6.07, 6.45) is 3.00. The van der Waals surface area contributed by atoms with Crippen LogP contribution in [0.15, 0.2) is 54.9 Å². The lowest BCUT2D eigenvalue weighted by Gasteiger charge is -2.33. The minimum absolute atomic E-state index is 0.0925. The zero-order chi connectivity index (χ0) is 18.8. The highest BCUT2D eigenvalue weighted by molar-refractivity contribution is 5.95. The molecule has 1 aromatic carbocycles. The molecular weight excluding hydrogens is 347 g/mol. The average molecular weight is 366 g/mol. The SMILES string of the molecule is Cc1c(C(=O)N2CCO[C@@H](c3ccc(F)cc3)C2)cnn1-c1ccccn1. The minimum Gasteiger partial charge on any atom is -0.370 e. The van der Waals surface area contributed by atoms with Crippen LogP contribution < -0.4 is 0 Å². The summed E-state index contributed by atoms with van der Waals surface area (Å²) in [5.74, 6) is 0.283. The molecule has 3 heterocycles. The highest BCUT2D eigenvalue weighted by atomic mass is 19.1. The summed E-state index contributed by atoms with van der Waals surface area (Å²) >= 11 is 0. The van der Waals surface area contributed by atoms with E-state index in [-0.39, 0.29) is 17.8 Å². The first-order chi connectivity index (χ1) is 13.1. The molecule has 2 aromatic heterocycles. The molecule has 6 nitrogen and oxygen atoms in total. The predicted molar refractivity (Wildman–Crippen MR) is 97.1 cm³/mol. The van der Waals surface area contributed by atoms with Crippen molar-refractivity contribution in [3.8, 4) is 5.82 Å². The first kappa shape index (κ1) is 17.4. The van der Waals surface area contributed by atoms with E-state index in [0.717, 1.165) is 11.3 Å². The molecule has 1 aliphatic heterocycles. The van der Waals surface area contributed by atoms with Gasteiger partial charge in [-0.25, -0.2) is 14.1 Å². The number of halogens is 1. The molecule has 138 valence electrons. The molecule has 0 radical (unpaired) electrons. The van der Waals surface area contributed by atoms with Crippen molar-refractivity contribution >= 4 is 5.91 Å². The Labute approximate surface area is 156 Å². The Hall–Kier alpha value is -3.06. The Morgan fingerprint density at radius 3 is 2.78 bits per heavy atom. The molecule has 3 aromatic rings. The number of pyridine rings is 1. The number of benzene rings is 1. The highest BCUT2D eigenvalue weighted by Gasteiger charge is 2.28. The van der Waals surface area contributed by atoms with Crippen LogP contribution in [0.1, 0.15) is 27.7 Å². The van der Waals surface area contributed by atoms with Crippen LogP contribution in [0, 0.1) is 12.7 Å². The maximum Gasteiger partial charge on any atom is 0.257 e. The standard InChI is InChI=1S/C20H19FN4O2/c1-14-17(12-23-25(14)19-4-2-3-9-22-19)20(26)24-10-11-27-18(13-24)15-5-7-16(21)8-6-15/h2-9,12,18H,10-11,13H2,1H3/t18-/m1/s1. The van der Waals surface area contributed by atoms with Gasteiger partial charge in [-0.05, 0) is 36.8 Å². The third-order valence-corrected chi connectivity index (χ3v) is 4.70. The second kappa shape index (κ2) is 7.28. The van der Waals surface area contributed by atoms with E-state index >= 15 is 0 Å². The van der Waals surface area contributed by atoms with Gasteiger partial charge < -0.3 is 9.64 Å². The molecule has 0 spiro atoms. The van der Waals surface area contributed by atoms with E-state index in [1.165, 1.54) is 12.1 Å². The molecule has 1 aliphatic rings. The number of morpholine rings is 1. The molecule has 0 unspecified atom stereocenters. The number of amides is 1. The number of rotatable bonds is 3. The van der Waals surface area contributed by atoms with E-state index in [1.807, 2.05) is 25.1 Å². The second-order valence-corrected chi connectivity index (χ2v) is 6.41. The molecule has 1 amide bonds. The highest BCUT2D eigenvalue weighted by Crippen LogP contribution is 2.24. The van der Waals surface area contributed by atoms with Crippen LogP contribution in [-0.2, 0) is 4.74 Å². The number of hydrogen-bond acceptors (Lipinski definition) is 4. The first-order valence-corrected chi connectivity index (χ1v) is 8.76. The zero-order valence-electron chi connectivity index (χ0n) is 14.9. The van der Waals surface area contributed by atoms with E-state index in [4.69, 9.17) is 4.74 Å². The molecule has 27 heavy (non-hydrogen) atoms. The van der Waals surface area contributed by atoms with Gasteiger partial charge in [-0.2, -0.15) is 5.10 Å². The third kappa shape index (κ3) is 3.46. The lowest BCUT2D eigenvalue weighted by Crippen LogP contribution is -2.42. The number of hydrogen-bond donors (Lipinski definition) is 0. The summed E-state index contributed by atoms with van der Waals surface area (Å²) in [6.45, 7) is 3.21. The maximum absolute atomic E-state index is 13.1. The van der Waals surface area contributed by atoms with Gasteiger partial charge in [0.25, 0.3) is 5.91 Å². The van der Waals surface area contributed by atoms with Crippen molar-refractivity contribution in [2.75, 3.05) is 19.7 Å². The number of carbonyl (C=O) groups excluding carboxylic acids is 1. The number of nitrogens with zero attached hydrogens (tertiary/aromatic N) is 4. The van der Waals surface area contributed by atoms with Gasteiger partial charge in [0.15, 0.2) is 5.82 Å². The summed E-state index contributed by atoms with van der Waals surface area (Å²) in [7, 11) is 0. The van der Waals surface area contributed by atoms with Gasteiger partial charge in [0.2, 0.25) is 0 Å². The van der Waals surface area contributed by atoms with Crippen molar-refractivity contribution in [2.24, 2.45) is 0 Å². The van der Waals surface area contributed by atoms with Crippen LogP contribution >= 0.6 is 0 Å². The largest absolute Gasteiger partial charge is 0.370 e. The van der Waals surface area contributed by atoms with Gasteiger partial charge >= 0.3 is 0 Å². The fraction of sp³-hybridized carbons (Fsp3) is 0.250. The Morgan fingerprint density at radius 2 is 2.04 bits per heavy atom. The van der Waals surface area contributed by atoms with Gasteiger partial charge in [-0.1, -0.05) is 18.2 Å². The quantitative estimate of drug-likeness (QED) is 0.715. The number of carbonyl (C=O) groups is 1. The van der Waals surface area contributed by atoms with Crippen LogP contribution in [0.25, 0.3) is 5.82 Å².